The molecule has 1 aliphatic carbocycles. The van der Waals surface area contributed by atoms with E-state index in [2.05, 4.69) is 22.3 Å². The van der Waals surface area contributed by atoms with E-state index < -0.39 is 0 Å². The Balaban J connectivity index is 1.85. The molecule has 0 bridgehead atoms. The number of hydrogen-bond donors (Lipinski definition) is 1. The van der Waals surface area contributed by atoms with Gasteiger partial charge < -0.3 is 15.0 Å². The molecule has 0 aromatic rings. The Kier molecular flexibility index (Phi) is 4.26. The average molecular weight is 239 g/mol. The predicted octanol–water partition coefficient (Wildman–Crippen LogP) is 1.47. The van der Waals surface area contributed by atoms with Crippen LogP contribution in [0.25, 0.3) is 0 Å². The zero-order valence-electron chi connectivity index (χ0n) is 11.2. The van der Waals surface area contributed by atoms with E-state index in [0.717, 1.165) is 32.2 Å². The number of rotatable bonds is 5. The number of likely N-dealkylation sites (N-methyl/N-ethyl adjacent to an activating group) is 1. The summed E-state index contributed by atoms with van der Waals surface area (Å²) in [5.41, 5.74) is 0.446. The van der Waals surface area contributed by atoms with E-state index in [0.29, 0.717) is 5.41 Å². The number of nitrogens with one attached hydrogen (secondary N) is 1. The minimum absolute atomic E-state index is 0.446. The zero-order chi connectivity index (χ0) is 12.1. The molecular weight excluding hydrogens is 214 g/mol. The Morgan fingerprint density at radius 1 is 1.41 bits per heavy atom. The van der Waals surface area contributed by atoms with Gasteiger partial charge in [-0.1, -0.05) is 12.8 Å². The third kappa shape index (κ3) is 3.12. The fourth-order valence-electron chi connectivity index (χ4n) is 2.95. The van der Waals surface area contributed by atoms with E-state index in [1.54, 1.807) is 7.11 Å². The molecular formula is C13H25N3O. The maximum absolute atomic E-state index is 5.25. The second-order valence-corrected chi connectivity index (χ2v) is 5.43. The predicted molar refractivity (Wildman–Crippen MR) is 70.3 cm³/mol. The molecule has 4 nitrogen and oxygen atoms in total. The third-order valence-electron chi connectivity index (χ3n) is 4.18. The average Bonchev–Trinajstić information content (AvgIpc) is 2.94. The van der Waals surface area contributed by atoms with Crippen molar-refractivity contribution in [3.8, 4) is 0 Å². The van der Waals surface area contributed by atoms with Gasteiger partial charge in [0.1, 0.15) is 0 Å². The highest BCUT2D eigenvalue weighted by molar-refractivity contribution is 5.81. The van der Waals surface area contributed by atoms with Crippen LogP contribution in [0.3, 0.4) is 0 Å². The standard InChI is InChI=1S/C13H25N3O/c1-16-9-8-14-12(16)15-11-13(7-10-17-2)5-3-4-6-13/h3-11H2,1-2H3,(H,14,15). The van der Waals surface area contributed by atoms with Gasteiger partial charge in [0.05, 0.1) is 6.54 Å². The van der Waals surface area contributed by atoms with Gasteiger partial charge in [0.15, 0.2) is 5.96 Å². The van der Waals surface area contributed by atoms with Crippen molar-refractivity contribution in [2.24, 2.45) is 10.4 Å². The van der Waals surface area contributed by atoms with Crippen molar-refractivity contribution in [1.29, 1.82) is 0 Å². The normalized spacial score (nSPS) is 22.9. The summed E-state index contributed by atoms with van der Waals surface area (Å²) < 4.78 is 5.25. The van der Waals surface area contributed by atoms with E-state index in [1.807, 2.05) is 0 Å². The van der Waals surface area contributed by atoms with Gasteiger partial charge in [-0.2, -0.15) is 0 Å². The lowest BCUT2D eigenvalue weighted by Gasteiger charge is -2.30. The first-order valence-corrected chi connectivity index (χ1v) is 6.74. The van der Waals surface area contributed by atoms with Crippen molar-refractivity contribution < 1.29 is 4.74 Å². The number of ether oxygens (including phenoxy) is 1. The molecule has 1 N–H and O–H groups in total. The largest absolute Gasteiger partial charge is 0.385 e. The van der Waals surface area contributed by atoms with E-state index >= 15 is 0 Å². The van der Waals surface area contributed by atoms with Crippen molar-refractivity contribution in [2.45, 2.75) is 32.1 Å². The van der Waals surface area contributed by atoms with Gasteiger partial charge in [-0.25, -0.2) is 0 Å². The van der Waals surface area contributed by atoms with E-state index in [-0.39, 0.29) is 0 Å². The maximum Gasteiger partial charge on any atom is 0.193 e. The highest BCUT2D eigenvalue weighted by Gasteiger charge is 2.33. The van der Waals surface area contributed by atoms with Gasteiger partial charge in [-0.15, -0.1) is 0 Å². The molecule has 1 saturated carbocycles. The molecule has 1 fully saturated rings. The molecule has 1 heterocycles. The summed E-state index contributed by atoms with van der Waals surface area (Å²) >= 11 is 0. The van der Waals surface area contributed by atoms with Crippen molar-refractivity contribution in [1.82, 2.24) is 10.2 Å². The number of aliphatic imine (C=N–C) groups is 1. The maximum atomic E-state index is 5.25. The van der Waals surface area contributed by atoms with Gasteiger partial charge in [0.2, 0.25) is 0 Å². The molecule has 0 aromatic carbocycles. The topological polar surface area (TPSA) is 36.9 Å². The first-order chi connectivity index (χ1) is 8.26. The summed E-state index contributed by atoms with van der Waals surface area (Å²) in [6, 6.07) is 0. The number of guanidine groups is 1. The Labute approximate surface area is 104 Å². The summed E-state index contributed by atoms with van der Waals surface area (Å²) in [7, 11) is 3.90. The monoisotopic (exact) mass is 239 g/mol. The fourth-order valence-corrected chi connectivity index (χ4v) is 2.95. The summed E-state index contributed by atoms with van der Waals surface area (Å²) in [5.74, 6) is 1.08. The minimum atomic E-state index is 0.446. The lowest BCUT2D eigenvalue weighted by Crippen LogP contribution is -2.42. The molecule has 0 aromatic heterocycles. The molecule has 0 saturated heterocycles. The van der Waals surface area contributed by atoms with Crippen LogP contribution in [0.4, 0.5) is 0 Å². The molecule has 1 aliphatic heterocycles. The van der Waals surface area contributed by atoms with Crippen LogP contribution < -0.4 is 5.32 Å². The number of hydrogen-bond acceptors (Lipinski definition) is 4. The molecule has 17 heavy (non-hydrogen) atoms. The van der Waals surface area contributed by atoms with E-state index in [9.17, 15) is 0 Å². The van der Waals surface area contributed by atoms with Gasteiger partial charge >= 0.3 is 0 Å². The van der Waals surface area contributed by atoms with E-state index in [4.69, 9.17) is 4.74 Å². The van der Waals surface area contributed by atoms with Gasteiger partial charge in [-0.3, -0.25) is 4.99 Å². The van der Waals surface area contributed by atoms with Gasteiger partial charge in [0.25, 0.3) is 0 Å². The Bertz CT molecular complexity index is 272. The first-order valence-electron chi connectivity index (χ1n) is 6.74. The molecule has 2 rings (SSSR count). The number of methoxy groups -OCH3 is 1. The smallest absolute Gasteiger partial charge is 0.193 e. The molecule has 98 valence electrons. The highest BCUT2D eigenvalue weighted by Crippen LogP contribution is 2.40. The number of nitrogens with zero attached hydrogens (tertiary/aromatic N) is 2. The summed E-state index contributed by atoms with van der Waals surface area (Å²) in [4.78, 5) is 6.70. The summed E-state index contributed by atoms with van der Waals surface area (Å²) in [5, 5.41) is 3.54. The highest BCUT2D eigenvalue weighted by atomic mass is 16.5. The molecule has 0 unspecified atom stereocenters. The minimum Gasteiger partial charge on any atom is -0.385 e. The molecule has 0 spiro atoms. The van der Waals surface area contributed by atoms with Crippen LogP contribution >= 0.6 is 0 Å². The van der Waals surface area contributed by atoms with Crippen LogP contribution in [0, 0.1) is 5.41 Å². The SMILES string of the molecule is COCCC1(CNC2=NCCN2C)CCCC1. The second-order valence-electron chi connectivity index (χ2n) is 5.43. The molecule has 2 aliphatic rings. The third-order valence-corrected chi connectivity index (χ3v) is 4.18. The molecule has 0 radical (unpaired) electrons. The van der Waals surface area contributed by atoms with Crippen molar-refractivity contribution in [2.75, 3.05) is 40.4 Å². The first kappa shape index (κ1) is 12.7. The van der Waals surface area contributed by atoms with Gasteiger partial charge in [-0.05, 0) is 24.7 Å². The summed E-state index contributed by atoms with van der Waals surface area (Å²) in [6.45, 7) is 3.92. The molecule has 4 heteroatoms. The van der Waals surface area contributed by atoms with Crippen molar-refractivity contribution in [3.05, 3.63) is 0 Å². The van der Waals surface area contributed by atoms with Crippen LogP contribution in [0.5, 0.6) is 0 Å². The van der Waals surface area contributed by atoms with Crippen LogP contribution in [-0.4, -0.2) is 51.3 Å². The lowest BCUT2D eigenvalue weighted by atomic mass is 9.83. The quantitative estimate of drug-likeness (QED) is 0.789. The zero-order valence-corrected chi connectivity index (χ0v) is 11.2. The second kappa shape index (κ2) is 5.71. The van der Waals surface area contributed by atoms with E-state index in [1.165, 1.54) is 32.1 Å². The van der Waals surface area contributed by atoms with Crippen LogP contribution in [-0.2, 0) is 4.74 Å². The molecule has 0 amide bonds. The summed E-state index contributed by atoms with van der Waals surface area (Å²) in [6.07, 6.45) is 6.58. The Morgan fingerprint density at radius 2 is 2.18 bits per heavy atom. The molecule has 0 atom stereocenters. The van der Waals surface area contributed by atoms with Gasteiger partial charge in [0, 0.05) is 33.9 Å². The Morgan fingerprint density at radius 3 is 2.76 bits per heavy atom. The Hall–Kier alpha value is -0.770. The fraction of sp³-hybridized carbons (Fsp3) is 0.923. The van der Waals surface area contributed by atoms with Crippen molar-refractivity contribution >= 4 is 5.96 Å². The van der Waals surface area contributed by atoms with Crippen molar-refractivity contribution in [3.63, 3.8) is 0 Å². The van der Waals surface area contributed by atoms with Crippen LogP contribution in [0.2, 0.25) is 0 Å². The lowest BCUT2D eigenvalue weighted by molar-refractivity contribution is 0.138. The van der Waals surface area contributed by atoms with Crippen LogP contribution in [0.15, 0.2) is 4.99 Å². The van der Waals surface area contributed by atoms with Crippen LogP contribution in [0.1, 0.15) is 32.1 Å².